The van der Waals surface area contributed by atoms with Crippen LogP contribution in [-0.2, 0) is 19.7 Å². The largest absolute Gasteiger partial charge is 0.477 e. The molecule has 1 amide bonds. The zero-order valence-electron chi connectivity index (χ0n) is 12.3. The number of tetrazole rings is 1. The van der Waals surface area contributed by atoms with Crippen LogP contribution in [0.3, 0.4) is 0 Å². The number of thioether (sulfide) groups is 2. The van der Waals surface area contributed by atoms with Crippen LogP contribution in [0.1, 0.15) is 0 Å². The Morgan fingerprint density at radius 1 is 1.56 bits per heavy atom. The van der Waals surface area contributed by atoms with Gasteiger partial charge in [-0.15, -0.1) is 22.0 Å². The lowest BCUT2D eigenvalue weighted by molar-refractivity contribution is -0.148. The fourth-order valence-corrected chi connectivity index (χ4v) is 6.13. The topological polar surface area (TPSA) is 192 Å². The summed E-state index contributed by atoms with van der Waals surface area (Å²) in [6.45, 7) is 0. The lowest BCUT2D eigenvalue weighted by Crippen LogP contribution is -2.68. The Labute approximate surface area is 149 Å². The predicted molar refractivity (Wildman–Crippen MR) is 86.0 cm³/mol. The van der Waals surface area contributed by atoms with Crippen molar-refractivity contribution in [3.8, 4) is 0 Å². The molecule has 0 aromatic carbocycles. The van der Waals surface area contributed by atoms with E-state index in [1.165, 1.54) is 11.8 Å². The fourth-order valence-electron chi connectivity index (χ4n) is 2.51. The zero-order valence-corrected chi connectivity index (χ0v) is 14.7. The minimum Gasteiger partial charge on any atom is -0.477 e. The van der Waals surface area contributed by atoms with Crippen molar-refractivity contribution < 1.29 is 27.7 Å². The minimum atomic E-state index is -4.43. The molecule has 0 radical (unpaired) electrons. The molecule has 3 atom stereocenters. The van der Waals surface area contributed by atoms with Crippen LogP contribution in [0.25, 0.3) is 0 Å². The van der Waals surface area contributed by atoms with Crippen molar-refractivity contribution >= 4 is 45.5 Å². The van der Waals surface area contributed by atoms with E-state index in [2.05, 4.69) is 20.6 Å². The van der Waals surface area contributed by atoms with E-state index in [0.29, 0.717) is 0 Å². The average molecular weight is 408 g/mol. The Morgan fingerprint density at radius 2 is 2.28 bits per heavy atom. The first-order chi connectivity index (χ1) is 11.7. The van der Waals surface area contributed by atoms with Gasteiger partial charge in [0.25, 0.3) is 10.1 Å². The number of aromatic nitrogens is 4. The molecule has 3 heterocycles. The molecule has 2 unspecified atom stereocenters. The molecule has 2 aliphatic heterocycles. The van der Waals surface area contributed by atoms with Crippen LogP contribution in [0.15, 0.2) is 16.4 Å². The van der Waals surface area contributed by atoms with Crippen LogP contribution in [0.5, 0.6) is 0 Å². The zero-order chi connectivity index (χ0) is 18.4. The van der Waals surface area contributed by atoms with Gasteiger partial charge in [-0.25, -0.2) is 4.79 Å². The van der Waals surface area contributed by atoms with Gasteiger partial charge in [-0.2, -0.15) is 13.6 Å². The van der Waals surface area contributed by atoms with E-state index in [-0.39, 0.29) is 22.2 Å². The maximum Gasteiger partial charge on any atom is 0.352 e. The highest BCUT2D eigenvalue weighted by Crippen LogP contribution is 2.43. The number of carboxylic acid groups (broad SMARTS) is 1. The van der Waals surface area contributed by atoms with Crippen molar-refractivity contribution in [3.63, 3.8) is 0 Å². The average Bonchev–Trinajstić information content (AvgIpc) is 3.03. The smallest absolute Gasteiger partial charge is 0.352 e. The molecule has 1 saturated heterocycles. The number of hydrogen-bond acceptors (Lipinski definition) is 10. The van der Waals surface area contributed by atoms with Crippen molar-refractivity contribution in [1.82, 2.24) is 25.5 Å². The summed E-state index contributed by atoms with van der Waals surface area (Å²) < 4.78 is 31.9. The van der Waals surface area contributed by atoms with Gasteiger partial charge in [-0.3, -0.25) is 14.2 Å². The number of β-lactam (4-membered cyclic amide) rings is 1. The summed E-state index contributed by atoms with van der Waals surface area (Å²) in [5.74, 6) is -2.57. The summed E-state index contributed by atoms with van der Waals surface area (Å²) in [5.41, 5.74) is 5.52. The molecule has 25 heavy (non-hydrogen) atoms. The van der Waals surface area contributed by atoms with E-state index in [1.54, 1.807) is 0 Å². The molecule has 1 aromatic heterocycles. The first kappa shape index (κ1) is 18.1. The first-order valence-corrected chi connectivity index (χ1v) is 10.2. The molecule has 15 heteroatoms. The Hall–Kier alpha value is -1.68. The van der Waals surface area contributed by atoms with E-state index in [4.69, 9.17) is 5.73 Å². The Balaban J connectivity index is 2.02. The molecule has 1 fully saturated rings. The van der Waals surface area contributed by atoms with Gasteiger partial charge in [0.05, 0.1) is 11.0 Å². The molecule has 12 nitrogen and oxygen atoms in total. The molecule has 136 valence electrons. The molecule has 5 N–H and O–H groups in total. The minimum absolute atomic E-state index is 0.0737. The number of hydrogen-bond donors (Lipinski definition) is 4. The Morgan fingerprint density at radius 3 is 2.84 bits per heavy atom. The number of aliphatic carboxylic acids is 1. The number of carboxylic acids is 1. The van der Waals surface area contributed by atoms with E-state index < -0.39 is 44.4 Å². The number of H-pyrrole nitrogens is 1. The number of rotatable bonds is 6. The molecule has 0 aliphatic carbocycles. The van der Waals surface area contributed by atoms with Crippen molar-refractivity contribution in [3.05, 3.63) is 11.3 Å². The number of nitrogens with one attached hydrogen (secondary N) is 1. The molecule has 0 saturated carbocycles. The fraction of sp³-hybridized carbons (Fsp3) is 0.500. The summed E-state index contributed by atoms with van der Waals surface area (Å²) in [6, 6.07) is -0.800. The maximum absolute atomic E-state index is 12.0. The molecular weight excluding hydrogens is 396 g/mol. The number of amides is 1. The van der Waals surface area contributed by atoms with E-state index in [9.17, 15) is 27.7 Å². The van der Waals surface area contributed by atoms with Gasteiger partial charge in [0.2, 0.25) is 11.1 Å². The van der Waals surface area contributed by atoms with Crippen molar-refractivity contribution in [2.75, 3.05) is 11.5 Å². The van der Waals surface area contributed by atoms with Gasteiger partial charge in [0.1, 0.15) is 17.1 Å². The maximum atomic E-state index is 12.0. The highest BCUT2D eigenvalue weighted by molar-refractivity contribution is 8.01. The van der Waals surface area contributed by atoms with Crippen LogP contribution in [0, 0.1) is 0 Å². The quantitative estimate of drug-likeness (QED) is 0.233. The second-order valence-electron chi connectivity index (χ2n) is 5.16. The van der Waals surface area contributed by atoms with Crippen LogP contribution in [0.4, 0.5) is 0 Å². The van der Waals surface area contributed by atoms with Crippen LogP contribution in [-0.4, -0.2) is 83.6 Å². The predicted octanol–water partition coefficient (Wildman–Crippen LogP) is -1.87. The molecule has 0 bridgehead atoms. The third-order valence-corrected chi connectivity index (χ3v) is 6.97. The number of carbonyl (C=O) groups excluding carboxylic acids is 1. The van der Waals surface area contributed by atoms with Gasteiger partial charge in [-0.1, -0.05) is 11.8 Å². The van der Waals surface area contributed by atoms with E-state index in [1.807, 2.05) is 0 Å². The number of nitrogens with two attached hydrogens (primary N) is 1. The molecule has 0 spiro atoms. The summed E-state index contributed by atoms with van der Waals surface area (Å²) in [5, 5.41) is 21.0. The van der Waals surface area contributed by atoms with Gasteiger partial charge in [-0.05, 0) is 10.8 Å². The first-order valence-electron chi connectivity index (χ1n) is 6.71. The molecule has 3 rings (SSSR count). The second kappa shape index (κ2) is 6.56. The number of carbonyl (C=O) groups is 2. The number of aromatic amines is 1. The van der Waals surface area contributed by atoms with Gasteiger partial charge in [0, 0.05) is 5.75 Å². The van der Waals surface area contributed by atoms with Gasteiger partial charge >= 0.3 is 5.97 Å². The van der Waals surface area contributed by atoms with Gasteiger partial charge in [0.15, 0.2) is 0 Å². The molecular formula is C10H12N6O6S3. The highest BCUT2D eigenvalue weighted by Gasteiger charge is 2.52. The Kier molecular flexibility index (Phi) is 4.76. The van der Waals surface area contributed by atoms with Crippen LogP contribution >= 0.6 is 23.5 Å². The summed E-state index contributed by atoms with van der Waals surface area (Å²) in [7, 11) is -4.43. The number of fused-ring (bicyclic) bond motifs is 1. The normalized spacial score (nSPS) is 24.7. The van der Waals surface area contributed by atoms with Crippen LogP contribution < -0.4 is 5.73 Å². The second-order valence-corrected chi connectivity index (χ2v) is 8.94. The molecule has 2 aliphatic rings. The Bertz CT molecular complexity index is 839. The van der Waals surface area contributed by atoms with E-state index >= 15 is 0 Å². The lowest BCUT2D eigenvalue weighted by Gasteiger charge is -2.48. The summed E-state index contributed by atoms with van der Waals surface area (Å²) >= 11 is 2.05. The standard InChI is InChI=1S/C10H12N6O6S3/c11-5-7(17)16-6(9(18)19)3(1-23-8(5)16)4(2-25(20,21)22)24-10-12-14-15-13-10/h4-5,8H,1-2,11H2,(H,18,19)(H,20,21,22)(H,12,13,14,15)/t4?,5?,8-/m0/s1. The number of nitrogens with zero attached hydrogens (tertiary/aromatic N) is 4. The van der Waals surface area contributed by atoms with Crippen molar-refractivity contribution in [2.24, 2.45) is 5.73 Å². The van der Waals surface area contributed by atoms with Crippen molar-refractivity contribution in [2.45, 2.75) is 21.8 Å². The molecule has 1 aromatic rings. The van der Waals surface area contributed by atoms with E-state index in [0.717, 1.165) is 16.7 Å². The van der Waals surface area contributed by atoms with Gasteiger partial charge < -0.3 is 10.8 Å². The monoisotopic (exact) mass is 408 g/mol. The summed E-state index contributed by atoms with van der Waals surface area (Å²) in [6.07, 6.45) is 0. The lowest BCUT2D eigenvalue weighted by atomic mass is 10.0. The summed E-state index contributed by atoms with van der Waals surface area (Å²) in [4.78, 5) is 24.7. The SMILES string of the molecule is NC1C(=O)N2C(C(=O)O)=C(C(CS(=O)(=O)O)Sc3nn[nH]n3)CS[C@@H]12. The van der Waals surface area contributed by atoms with Crippen molar-refractivity contribution in [1.29, 1.82) is 0 Å². The van der Waals surface area contributed by atoms with Crippen LogP contribution in [0.2, 0.25) is 0 Å². The third-order valence-electron chi connectivity index (χ3n) is 3.57. The highest BCUT2D eigenvalue weighted by atomic mass is 32.2. The third kappa shape index (κ3) is 3.50.